The van der Waals surface area contributed by atoms with Crippen molar-refractivity contribution < 1.29 is 22.7 Å². The Morgan fingerprint density at radius 2 is 1.80 bits per heavy atom. The van der Waals surface area contributed by atoms with E-state index in [-0.39, 0.29) is 24.7 Å². The van der Waals surface area contributed by atoms with Crippen molar-refractivity contribution in [3.05, 3.63) is 77.6 Å². The van der Waals surface area contributed by atoms with Crippen LogP contribution in [0.25, 0.3) is 0 Å². The zero-order chi connectivity index (χ0) is 24.8. The van der Waals surface area contributed by atoms with Crippen LogP contribution in [0.15, 0.2) is 60.8 Å². The van der Waals surface area contributed by atoms with Gasteiger partial charge in [0, 0.05) is 50.2 Å². The normalized spacial score (nSPS) is 14.6. The minimum atomic E-state index is -4.63. The van der Waals surface area contributed by atoms with E-state index in [9.17, 15) is 18.0 Å². The third-order valence-corrected chi connectivity index (χ3v) is 5.73. The number of piperazine rings is 1. The highest BCUT2D eigenvalue weighted by atomic mass is 19.4. The van der Waals surface area contributed by atoms with E-state index in [1.54, 1.807) is 30.3 Å². The van der Waals surface area contributed by atoms with Crippen LogP contribution in [0, 0.1) is 0 Å². The lowest BCUT2D eigenvalue weighted by Gasteiger charge is -2.34. The number of hydrogen-bond acceptors (Lipinski definition) is 7. The summed E-state index contributed by atoms with van der Waals surface area (Å²) in [4.78, 5) is 24.6. The molecule has 2 heterocycles. The Morgan fingerprint density at radius 1 is 1.06 bits per heavy atom. The van der Waals surface area contributed by atoms with E-state index < -0.39 is 17.7 Å². The highest BCUT2D eigenvalue weighted by Gasteiger charge is 2.35. The Hall–Kier alpha value is -3.66. The predicted molar refractivity (Wildman–Crippen MR) is 127 cm³/mol. The molecule has 4 rings (SSSR count). The number of carbonyl (C=O) groups is 1. The molecule has 1 N–H and O–H groups in total. The van der Waals surface area contributed by atoms with Crippen LogP contribution in [0.5, 0.6) is 0 Å². The highest BCUT2D eigenvalue weighted by molar-refractivity contribution is 5.89. The maximum atomic E-state index is 13.5. The molecule has 0 amide bonds. The number of carbonyl (C=O) groups excluding carboxylic acids is 1. The lowest BCUT2D eigenvalue weighted by Crippen LogP contribution is -2.44. The second kappa shape index (κ2) is 10.7. The van der Waals surface area contributed by atoms with Crippen molar-refractivity contribution in [1.29, 1.82) is 0 Å². The first-order valence-corrected chi connectivity index (χ1v) is 11.3. The van der Waals surface area contributed by atoms with Gasteiger partial charge in [0.15, 0.2) is 0 Å². The molecule has 7 nitrogen and oxygen atoms in total. The summed E-state index contributed by atoms with van der Waals surface area (Å²) in [6.45, 7) is 3.45. The Kier molecular flexibility index (Phi) is 7.50. The second-order valence-electron chi connectivity index (χ2n) is 8.27. The number of aromatic nitrogens is 2. The van der Waals surface area contributed by atoms with Crippen LogP contribution in [0.4, 0.5) is 30.5 Å². The molecule has 35 heavy (non-hydrogen) atoms. The van der Waals surface area contributed by atoms with E-state index in [2.05, 4.69) is 32.1 Å². The maximum Gasteiger partial charge on any atom is 0.419 e. The number of alkyl halides is 3. The molecule has 0 saturated carbocycles. The number of anilines is 3. The van der Waals surface area contributed by atoms with Gasteiger partial charge in [-0.2, -0.15) is 13.2 Å². The summed E-state index contributed by atoms with van der Waals surface area (Å²) in [6, 6.07) is 15.9. The van der Waals surface area contributed by atoms with Gasteiger partial charge in [0.25, 0.3) is 0 Å². The van der Waals surface area contributed by atoms with E-state index in [1.807, 2.05) is 24.3 Å². The van der Waals surface area contributed by atoms with Gasteiger partial charge in [-0.15, -0.1) is 0 Å². The molecule has 10 heteroatoms. The second-order valence-corrected chi connectivity index (χ2v) is 8.27. The fourth-order valence-electron chi connectivity index (χ4n) is 3.78. The molecule has 2 aromatic carbocycles. The molecule has 0 atom stereocenters. The maximum absolute atomic E-state index is 13.5. The molecular weight excluding hydrogens is 459 g/mol. The predicted octanol–water partition coefficient (Wildman–Crippen LogP) is 4.39. The van der Waals surface area contributed by atoms with Crippen molar-refractivity contribution in [2.24, 2.45) is 0 Å². The quantitative estimate of drug-likeness (QED) is 0.498. The molecule has 0 aliphatic carbocycles. The van der Waals surface area contributed by atoms with Crippen LogP contribution in [0.1, 0.15) is 21.6 Å². The van der Waals surface area contributed by atoms with E-state index >= 15 is 0 Å². The fraction of sp³-hybridized carbons (Fsp3) is 0.320. The molecule has 1 fully saturated rings. The lowest BCUT2D eigenvalue weighted by molar-refractivity contribution is -0.138. The van der Waals surface area contributed by atoms with Crippen LogP contribution >= 0.6 is 0 Å². The molecule has 0 bridgehead atoms. The number of nitrogens with zero attached hydrogens (tertiary/aromatic N) is 4. The average Bonchev–Trinajstić information content (AvgIpc) is 2.84. The number of rotatable bonds is 7. The highest BCUT2D eigenvalue weighted by Crippen LogP contribution is 2.32. The smallest absolute Gasteiger partial charge is 0.419 e. The van der Waals surface area contributed by atoms with Crippen molar-refractivity contribution in [1.82, 2.24) is 14.9 Å². The number of esters is 1. The van der Waals surface area contributed by atoms with Gasteiger partial charge in [-0.05, 0) is 37.4 Å². The van der Waals surface area contributed by atoms with Crippen LogP contribution in [0.2, 0.25) is 0 Å². The third-order valence-electron chi connectivity index (χ3n) is 5.73. The van der Waals surface area contributed by atoms with E-state index in [1.165, 1.54) is 0 Å². The summed E-state index contributed by atoms with van der Waals surface area (Å²) in [5.74, 6) is -0.565. The summed E-state index contributed by atoms with van der Waals surface area (Å²) in [7, 11) is 2.08. The third kappa shape index (κ3) is 6.48. The van der Waals surface area contributed by atoms with Crippen molar-refractivity contribution >= 4 is 23.3 Å². The molecule has 1 aromatic heterocycles. The van der Waals surface area contributed by atoms with E-state index in [4.69, 9.17) is 4.74 Å². The topological polar surface area (TPSA) is 70.6 Å². The summed E-state index contributed by atoms with van der Waals surface area (Å²) < 4.78 is 45.7. The van der Waals surface area contributed by atoms with Crippen molar-refractivity contribution in [3.8, 4) is 0 Å². The zero-order valence-corrected chi connectivity index (χ0v) is 19.3. The van der Waals surface area contributed by atoms with Gasteiger partial charge in [0.2, 0.25) is 5.95 Å². The van der Waals surface area contributed by atoms with Crippen molar-refractivity contribution in [2.75, 3.05) is 50.1 Å². The first kappa shape index (κ1) is 24.5. The van der Waals surface area contributed by atoms with Crippen molar-refractivity contribution in [2.45, 2.75) is 12.6 Å². The number of halogens is 3. The molecule has 3 aromatic rings. The molecule has 0 radical (unpaired) electrons. The standard InChI is InChI=1S/C25H26F3N5O2/c1-32-11-13-33(14-12-32)20-9-5-8-19(16-20)30-24-29-17-21(25(26,27)28)22(31-24)10-15-35-23(34)18-6-3-2-4-7-18/h2-9,16-17H,10-15H2,1H3,(H,29,30,31). The average molecular weight is 486 g/mol. The van der Waals surface area contributed by atoms with Gasteiger partial charge in [0.05, 0.1) is 23.4 Å². The largest absolute Gasteiger partial charge is 0.462 e. The number of benzene rings is 2. The molecule has 0 spiro atoms. The van der Waals surface area contributed by atoms with Crippen molar-refractivity contribution in [3.63, 3.8) is 0 Å². The first-order chi connectivity index (χ1) is 16.8. The summed E-state index contributed by atoms with van der Waals surface area (Å²) in [5.41, 5.74) is 0.815. The van der Waals surface area contributed by atoms with Crippen LogP contribution in [-0.2, 0) is 17.3 Å². The van der Waals surface area contributed by atoms with Crippen LogP contribution in [0.3, 0.4) is 0 Å². The van der Waals surface area contributed by atoms with E-state index in [0.717, 1.165) is 38.1 Å². The monoisotopic (exact) mass is 485 g/mol. The Morgan fingerprint density at radius 3 is 2.51 bits per heavy atom. The Labute approximate surface area is 201 Å². The Bertz CT molecular complexity index is 1150. The van der Waals surface area contributed by atoms with Gasteiger partial charge in [-0.25, -0.2) is 14.8 Å². The fourth-order valence-corrected chi connectivity index (χ4v) is 3.78. The first-order valence-electron chi connectivity index (χ1n) is 11.3. The van der Waals surface area contributed by atoms with Gasteiger partial charge in [0.1, 0.15) is 0 Å². The summed E-state index contributed by atoms with van der Waals surface area (Å²) >= 11 is 0. The van der Waals surface area contributed by atoms with Gasteiger partial charge in [-0.1, -0.05) is 24.3 Å². The number of nitrogens with one attached hydrogen (secondary N) is 1. The van der Waals surface area contributed by atoms with Crippen LogP contribution in [-0.4, -0.2) is 60.7 Å². The zero-order valence-electron chi connectivity index (χ0n) is 19.3. The summed E-state index contributed by atoms with van der Waals surface area (Å²) in [6.07, 6.45) is -4.07. The SMILES string of the molecule is CN1CCN(c2cccc(Nc3ncc(C(F)(F)F)c(CCOC(=O)c4ccccc4)n3)c2)CC1. The van der Waals surface area contributed by atoms with Gasteiger partial charge >= 0.3 is 12.1 Å². The summed E-state index contributed by atoms with van der Waals surface area (Å²) in [5, 5.41) is 3.00. The van der Waals surface area contributed by atoms with E-state index in [0.29, 0.717) is 11.3 Å². The van der Waals surface area contributed by atoms with Gasteiger partial charge < -0.3 is 19.9 Å². The minimum Gasteiger partial charge on any atom is -0.462 e. The number of ether oxygens (including phenoxy) is 1. The molecule has 1 aliphatic rings. The molecule has 184 valence electrons. The molecular formula is C25H26F3N5O2. The Balaban J connectivity index is 1.46. The lowest BCUT2D eigenvalue weighted by atomic mass is 10.1. The number of hydrogen-bond donors (Lipinski definition) is 1. The molecule has 0 unspecified atom stereocenters. The minimum absolute atomic E-state index is 0.0397. The molecule has 1 aliphatic heterocycles. The number of likely N-dealkylation sites (N-methyl/N-ethyl adjacent to an activating group) is 1. The van der Waals surface area contributed by atoms with Crippen LogP contribution < -0.4 is 10.2 Å². The van der Waals surface area contributed by atoms with Gasteiger partial charge in [-0.3, -0.25) is 0 Å². The molecule has 1 saturated heterocycles.